The molecule has 0 unspecified atom stereocenters. The van der Waals surface area contributed by atoms with Gasteiger partial charge in [-0.15, -0.1) is 0 Å². The maximum absolute atomic E-state index is 2.35. The molecule has 0 heteroatoms. The monoisotopic (exact) mass is 532 g/mol. The fraction of sp³-hybridized carbons (Fsp3) is 0. The third-order valence-electron chi connectivity index (χ3n) is 8.46. The molecule has 0 fully saturated rings. The smallest absolute Gasteiger partial charge is 0.00268 e. The second-order valence-corrected chi connectivity index (χ2v) is 11.0. The van der Waals surface area contributed by atoms with Gasteiger partial charge >= 0.3 is 0 Å². The van der Waals surface area contributed by atoms with E-state index in [1.165, 1.54) is 76.8 Å². The molecule has 0 radical (unpaired) electrons. The second kappa shape index (κ2) is 10.2. The Morgan fingerprint density at radius 2 is 0.690 bits per heavy atom. The van der Waals surface area contributed by atoms with Gasteiger partial charge in [-0.05, 0) is 89.0 Å². The van der Waals surface area contributed by atoms with E-state index in [2.05, 4.69) is 170 Å². The molecule has 0 atom stereocenters. The highest BCUT2D eigenvalue weighted by molar-refractivity contribution is 6.11. The van der Waals surface area contributed by atoms with E-state index in [1.54, 1.807) is 0 Å². The van der Waals surface area contributed by atoms with Crippen LogP contribution in [0, 0.1) is 0 Å². The SMILES string of the molecule is c1ccc(-c2ccc(-c3ccc4c(ccc5cc(-c6cccc7cccc(-c8ccccc8)c67)ccc54)c3)cc2)cc1. The van der Waals surface area contributed by atoms with Crippen LogP contribution in [-0.4, -0.2) is 0 Å². The Morgan fingerprint density at radius 3 is 1.31 bits per heavy atom. The van der Waals surface area contributed by atoms with Gasteiger partial charge in [0.15, 0.2) is 0 Å². The molecule has 0 aliphatic carbocycles. The van der Waals surface area contributed by atoms with Crippen molar-refractivity contribution in [3.8, 4) is 44.5 Å². The Bertz CT molecular complexity index is 2200. The molecule has 196 valence electrons. The summed E-state index contributed by atoms with van der Waals surface area (Å²) in [7, 11) is 0. The first-order valence-electron chi connectivity index (χ1n) is 14.5. The molecule has 0 heterocycles. The van der Waals surface area contributed by atoms with Crippen molar-refractivity contribution < 1.29 is 0 Å². The highest BCUT2D eigenvalue weighted by Gasteiger charge is 2.12. The second-order valence-electron chi connectivity index (χ2n) is 11.0. The molecular formula is C42H28. The quantitative estimate of drug-likeness (QED) is 0.198. The van der Waals surface area contributed by atoms with Gasteiger partial charge in [0, 0.05) is 0 Å². The van der Waals surface area contributed by atoms with Gasteiger partial charge in [-0.3, -0.25) is 0 Å². The Balaban J connectivity index is 1.19. The Labute approximate surface area is 246 Å². The minimum absolute atomic E-state index is 1.23. The summed E-state index contributed by atoms with van der Waals surface area (Å²) < 4.78 is 0. The Kier molecular flexibility index (Phi) is 5.90. The van der Waals surface area contributed by atoms with Crippen molar-refractivity contribution in [2.75, 3.05) is 0 Å². The van der Waals surface area contributed by atoms with E-state index in [9.17, 15) is 0 Å². The summed E-state index contributed by atoms with van der Waals surface area (Å²) in [6.07, 6.45) is 0. The van der Waals surface area contributed by atoms with Crippen LogP contribution in [0.15, 0.2) is 170 Å². The molecular weight excluding hydrogens is 504 g/mol. The van der Waals surface area contributed by atoms with Crippen molar-refractivity contribution in [1.82, 2.24) is 0 Å². The Morgan fingerprint density at radius 1 is 0.238 bits per heavy atom. The van der Waals surface area contributed by atoms with Crippen LogP contribution >= 0.6 is 0 Å². The van der Waals surface area contributed by atoms with E-state index in [0.717, 1.165) is 0 Å². The lowest BCUT2D eigenvalue weighted by Gasteiger charge is -2.14. The standard InChI is InChI=1S/C42H28/c1-3-9-29(10-4-1)30-17-19-31(20-18-30)34-23-25-38-35(27-34)21-22-36-28-37(24-26-39(36)38)41-16-8-14-33-13-7-15-40(42(33)41)32-11-5-2-6-12-32/h1-28H. The van der Waals surface area contributed by atoms with E-state index < -0.39 is 0 Å². The number of hydrogen-bond donors (Lipinski definition) is 0. The maximum atomic E-state index is 2.35. The van der Waals surface area contributed by atoms with Crippen molar-refractivity contribution in [3.63, 3.8) is 0 Å². The summed E-state index contributed by atoms with van der Waals surface area (Å²) in [4.78, 5) is 0. The van der Waals surface area contributed by atoms with Gasteiger partial charge < -0.3 is 0 Å². The van der Waals surface area contributed by atoms with Gasteiger partial charge in [-0.25, -0.2) is 0 Å². The van der Waals surface area contributed by atoms with E-state index in [-0.39, 0.29) is 0 Å². The van der Waals surface area contributed by atoms with Gasteiger partial charge in [-0.2, -0.15) is 0 Å². The van der Waals surface area contributed by atoms with Crippen molar-refractivity contribution in [1.29, 1.82) is 0 Å². The van der Waals surface area contributed by atoms with E-state index in [0.29, 0.717) is 0 Å². The van der Waals surface area contributed by atoms with Gasteiger partial charge in [0.05, 0.1) is 0 Å². The molecule has 0 aliphatic heterocycles. The third-order valence-corrected chi connectivity index (χ3v) is 8.46. The van der Waals surface area contributed by atoms with Crippen LogP contribution in [0.3, 0.4) is 0 Å². The van der Waals surface area contributed by atoms with Crippen molar-refractivity contribution in [2.45, 2.75) is 0 Å². The van der Waals surface area contributed by atoms with Crippen LogP contribution in [0.25, 0.3) is 76.8 Å². The van der Waals surface area contributed by atoms with Gasteiger partial charge in [0.25, 0.3) is 0 Å². The molecule has 0 amide bonds. The first kappa shape index (κ1) is 24.3. The molecule has 8 aromatic rings. The van der Waals surface area contributed by atoms with E-state index in [1.807, 2.05) is 0 Å². The van der Waals surface area contributed by atoms with Gasteiger partial charge in [-0.1, -0.05) is 158 Å². The third kappa shape index (κ3) is 4.26. The topological polar surface area (TPSA) is 0 Å². The van der Waals surface area contributed by atoms with Crippen LogP contribution in [-0.2, 0) is 0 Å². The molecule has 8 rings (SSSR count). The summed E-state index contributed by atoms with van der Waals surface area (Å²) in [5.74, 6) is 0. The van der Waals surface area contributed by atoms with Gasteiger partial charge in [0.2, 0.25) is 0 Å². The summed E-state index contributed by atoms with van der Waals surface area (Å²) in [5, 5.41) is 7.65. The van der Waals surface area contributed by atoms with Crippen LogP contribution < -0.4 is 0 Å². The fourth-order valence-electron chi connectivity index (χ4n) is 6.34. The molecule has 0 aromatic heterocycles. The molecule has 0 nitrogen and oxygen atoms in total. The number of rotatable bonds is 4. The average Bonchev–Trinajstić information content (AvgIpc) is 3.08. The molecule has 0 N–H and O–H groups in total. The minimum Gasteiger partial charge on any atom is -0.0622 e. The van der Waals surface area contributed by atoms with Crippen molar-refractivity contribution in [3.05, 3.63) is 170 Å². The highest BCUT2D eigenvalue weighted by Crippen LogP contribution is 2.38. The predicted molar refractivity (Wildman–Crippen MR) is 181 cm³/mol. The summed E-state index contributed by atoms with van der Waals surface area (Å²) in [6.45, 7) is 0. The fourth-order valence-corrected chi connectivity index (χ4v) is 6.34. The number of benzene rings is 8. The molecule has 8 aromatic carbocycles. The normalized spacial score (nSPS) is 11.3. The number of hydrogen-bond acceptors (Lipinski definition) is 0. The van der Waals surface area contributed by atoms with Gasteiger partial charge in [0.1, 0.15) is 0 Å². The first-order chi connectivity index (χ1) is 20.8. The predicted octanol–water partition coefficient (Wildman–Crippen LogP) is 11.8. The molecule has 0 aliphatic rings. The first-order valence-corrected chi connectivity index (χ1v) is 14.5. The van der Waals surface area contributed by atoms with Crippen LogP contribution in [0.2, 0.25) is 0 Å². The lowest BCUT2D eigenvalue weighted by molar-refractivity contribution is 1.60. The summed E-state index contributed by atoms with van der Waals surface area (Å²) in [6, 6.07) is 61.7. The van der Waals surface area contributed by atoms with E-state index >= 15 is 0 Å². The minimum atomic E-state index is 1.23. The zero-order valence-electron chi connectivity index (χ0n) is 23.2. The lowest BCUT2D eigenvalue weighted by Crippen LogP contribution is -1.87. The van der Waals surface area contributed by atoms with Crippen LogP contribution in [0.1, 0.15) is 0 Å². The highest BCUT2D eigenvalue weighted by atomic mass is 14.2. The molecule has 0 saturated carbocycles. The maximum Gasteiger partial charge on any atom is -0.00268 e. The molecule has 42 heavy (non-hydrogen) atoms. The van der Waals surface area contributed by atoms with Crippen molar-refractivity contribution in [2.24, 2.45) is 0 Å². The summed E-state index contributed by atoms with van der Waals surface area (Å²) in [5.41, 5.74) is 9.98. The zero-order chi connectivity index (χ0) is 27.9. The average molecular weight is 533 g/mol. The lowest BCUT2D eigenvalue weighted by atomic mass is 9.90. The van der Waals surface area contributed by atoms with E-state index in [4.69, 9.17) is 0 Å². The Hall–Kier alpha value is -5.46. The summed E-state index contributed by atoms with van der Waals surface area (Å²) >= 11 is 0. The van der Waals surface area contributed by atoms with Crippen LogP contribution in [0.5, 0.6) is 0 Å². The molecule has 0 spiro atoms. The molecule has 0 bridgehead atoms. The zero-order valence-corrected chi connectivity index (χ0v) is 23.2. The van der Waals surface area contributed by atoms with Crippen molar-refractivity contribution >= 4 is 32.3 Å². The van der Waals surface area contributed by atoms with Crippen LogP contribution in [0.4, 0.5) is 0 Å². The largest absolute Gasteiger partial charge is 0.0622 e. The molecule has 0 saturated heterocycles. The number of fused-ring (bicyclic) bond motifs is 4.